The minimum Gasteiger partial charge on any atom is -0.493 e. The van der Waals surface area contributed by atoms with Gasteiger partial charge in [0, 0.05) is 36.5 Å². The summed E-state index contributed by atoms with van der Waals surface area (Å²) in [6.45, 7) is 4.76. The number of rotatable bonds is 11. The maximum atomic E-state index is 13.7. The van der Waals surface area contributed by atoms with Crippen molar-refractivity contribution in [2.24, 2.45) is 0 Å². The van der Waals surface area contributed by atoms with E-state index >= 15 is 0 Å². The van der Waals surface area contributed by atoms with Gasteiger partial charge in [0.15, 0.2) is 0 Å². The summed E-state index contributed by atoms with van der Waals surface area (Å²) < 4.78 is 18.0. The molecular weight excluding hydrogens is 498 g/mol. The number of esters is 1. The topological polar surface area (TPSA) is 109 Å². The normalized spacial score (nSPS) is 10.7. The van der Waals surface area contributed by atoms with Gasteiger partial charge in [0.2, 0.25) is 0 Å². The fourth-order valence-corrected chi connectivity index (χ4v) is 4.13. The third kappa shape index (κ3) is 6.81. The summed E-state index contributed by atoms with van der Waals surface area (Å²) in [5.41, 5.74) is 1.41. The van der Waals surface area contributed by atoms with Gasteiger partial charge >= 0.3 is 12.1 Å². The van der Waals surface area contributed by atoms with Crippen molar-refractivity contribution in [1.29, 1.82) is 0 Å². The molecule has 2 aromatic carbocycles. The number of hydrogen-bond donors (Lipinski definition) is 1. The van der Waals surface area contributed by atoms with Gasteiger partial charge in [-0.05, 0) is 48.4 Å². The number of pyridine rings is 2. The molecule has 0 saturated heterocycles. The van der Waals surface area contributed by atoms with Crippen molar-refractivity contribution in [2.45, 2.75) is 39.7 Å². The molecule has 4 aromatic rings. The average molecular weight is 530 g/mol. The van der Waals surface area contributed by atoms with Gasteiger partial charge < -0.3 is 14.2 Å². The van der Waals surface area contributed by atoms with Gasteiger partial charge in [-0.25, -0.2) is 9.78 Å². The van der Waals surface area contributed by atoms with E-state index < -0.39 is 6.09 Å². The third-order valence-corrected chi connectivity index (χ3v) is 5.88. The van der Waals surface area contributed by atoms with Crippen LogP contribution in [0.4, 0.5) is 10.5 Å². The lowest BCUT2D eigenvalue weighted by Gasteiger charge is -2.18. The van der Waals surface area contributed by atoms with Gasteiger partial charge in [-0.1, -0.05) is 44.2 Å². The first-order valence-electron chi connectivity index (χ1n) is 13.0. The molecule has 0 spiro atoms. The van der Waals surface area contributed by atoms with Crippen molar-refractivity contribution in [2.75, 3.05) is 18.5 Å². The van der Waals surface area contributed by atoms with E-state index in [-0.39, 0.29) is 23.8 Å². The first kappa shape index (κ1) is 27.4. The van der Waals surface area contributed by atoms with Gasteiger partial charge in [0.1, 0.15) is 22.8 Å². The average Bonchev–Trinajstić information content (AvgIpc) is 2.95. The Labute approximate surface area is 226 Å². The number of carbonyl (C=O) groups is 2. The molecule has 202 valence electrons. The van der Waals surface area contributed by atoms with E-state index in [0.29, 0.717) is 66.1 Å². The van der Waals surface area contributed by atoms with E-state index in [9.17, 15) is 14.4 Å². The first-order valence-corrected chi connectivity index (χ1v) is 13.0. The number of anilines is 1. The Hall–Kier alpha value is -4.66. The van der Waals surface area contributed by atoms with Crippen LogP contribution >= 0.6 is 0 Å². The zero-order valence-electron chi connectivity index (χ0n) is 22.0. The molecule has 0 aliphatic heterocycles. The number of nitrogens with one attached hydrogen (secondary N) is 1. The molecule has 0 bridgehead atoms. The van der Waals surface area contributed by atoms with Crippen LogP contribution in [0.2, 0.25) is 0 Å². The van der Waals surface area contributed by atoms with Crippen molar-refractivity contribution < 1.29 is 23.8 Å². The second-order valence-corrected chi connectivity index (χ2v) is 8.71. The van der Waals surface area contributed by atoms with Crippen LogP contribution in [0, 0.1) is 0 Å². The molecule has 2 heterocycles. The number of amides is 1. The lowest BCUT2D eigenvalue weighted by atomic mass is 10.00. The lowest BCUT2D eigenvalue weighted by molar-refractivity contribution is -0.143. The number of carbonyl (C=O) groups excluding carboxylic acids is 2. The summed E-state index contributed by atoms with van der Waals surface area (Å²) >= 11 is 0. The molecule has 9 heteroatoms. The van der Waals surface area contributed by atoms with Crippen LogP contribution in [0.1, 0.15) is 33.1 Å². The largest absolute Gasteiger partial charge is 0.493 e. The fraction of sp³-hybridized carbons (Fsp3) is 0.267. The first-order chi connectivity index (χ1) is 19.0. The minimum absolute atomic E-state index is 0.0912. The summed E-state index contributed by atoms with van der Waals surface area (Å²) in [4.78, 5) is 42.5. The van der Waals surface area contributed by atoms with Crippen LogP contribution in [0.15, 0.2) is 77.7 Å². The summed E-state index contributed by atoms with van der Waals surface area (Å²) in [5, 5.41) is 3.40. The molecule has 4 rings (SSSR count). The number of aryl methyl sites for hydroxylation is 1. The van der Waals surface area contributed by atoms with Gasteiger partial charge in [-0.2, -0.15) is 0 Å². The quantitative estimate of drug-likeness (QED) is 0.193. The fourth-order valence-electron chi connectivity index (χ4n) is 4.13. The number of nitrogens with zero attached hydrogens (tertiary/aromatic N) is 2. The minimum atomic E-state index is -0.778. The Balaban J connectivity index is 1.71. The van der Waals surface area contributed by atoms with Crippen LogP contribution in [0.25, 0.3) is 22.2 Å². The van der Waals surface area contributed by atoms with Gasteiger partial charge in [-0.3, -0.25) is 19.5 Å². The zero-order valence-corrected chi connectivity index (χ0v) is 22.0. The second kappa shape index (κ2) is 13.2. The molecule has 9 nitrogen and oxygen atoms in total. The highest BCUT2D eigenvalue weighted by molar-refractivity contribution is 6.03. The molecule has 0 radical (unpaired) electrons. The Kier molecular flexibility index (Phi) is 9.29. The number of fused-ring (bicyclic) bond motifs is 1. The maximum absolute atomic E-state index is 13.7. The number of para-hydroxylation sites is 1. The molecule has 1 N–H and O–H groups in total. The summed E-state index contributed by atoms with van der Waals surface area (Å²) in [5.74, 6) is 0.677. The predicted octanol–water partition coefficient (Wildman–Crippen LogP) is 5.81. The van der Waals surface area contributed by atoms with Crippen LogP contribution in [-0.4, -0.2) is 34.8 Å². The van der Waals surface area contributed by atoms with Gasteiger partial charge in [-0.15, -0.1) is 0 Å². The molecule has 2 aromatic heterocycles. The zero-order chi connectivity index (χ0) is 27.6. The number of aromatic nitrogens is 2. The lowest BCUT2D eigenvalue weighted by Crippen LogP contribution is -2.29. The number of benzene rings is 2. The highest BCUT2D eigenvalue weighted by Crippen LogP contribution is 2.34. The SMILES string of the molecule is CCCn1c(=O)c(NC(=O)Oc2ccccc2)c(-c2cccc(OCCCOC(=O)CC)c2)c2cccnc21. The van der Waals surface area contributed by atoms with Crippen molar-refractivity contribution >= 4 is 28.8 Å². The molecule has 0 saturated carbocycles. The van der Waals surface area contributed by atoms with E-state index in [4.69, 9.17) is 14.2 Å². The summed E-state index contributed by atoms with van der Waals surface area (Å²) in [6, 6.07) is 19.6. The Morgan fingerprint density at radius 3 is 2.51 bits per heavy atom. The molecule has 1 amide bonds. The van der Waals surface area contributed by atoms with Gasteiger partial charge in [0.25, 0.3) is 5.56 Å². The van der Waals surface area contributed by atoms with Crippen LogP contribution in [0.3, 0.4) is 0 Å². The third-order valence-electron chi connectivity index (χ3n) is 5.88. The van der Waals surface area contributed by atoms with Crippen LogP contribution < -0.4 is 20.3 Å². The standard InChI is InChI=1S/C30H31N3O6/c1-3-17-33-28-24(15-9-16-31-28)26(27(29(33)35)32-30(36)39-22-12-6-5-7-13-22)21-11-8-14-23(20-21)37-18-10-19-38-25(34)4-2/h5-9,11-16,20H,3-4,10,17-19H2,1-2H3,(H,32,36). The van der Waals surface area contributed by atoms with E-state index in [1.165, 1.54) is 0 Å². The van der Waals surface area contributed by atoms with Gasteiger partial charge in [0.05, 0.1) is 13.2 Å². The van der Waals surface area contributed by atoms with Crippen molar-refractivity contribution in [3.63, 3.8) is 0 Å². The molecule has 0 aliphatic carbocycles. The molecule has 0 aliphatic rings. The summed E-state index contributed by atoms with van der Waals surface area (Å²) in [6.07, 6.45) is 2.43. The molecule has 0 fully saturated rings. The van der Waals surface area contributed by atoms with Crippen molar-refractivity contribution in [1.82, 2.24) is 9.55 Å². The molecule has 0 unspecified atom stereocenters. The smallest absolute Gasteiger partial charge is 0.417 e. The predicted molar refractivity (Wildman–Crippen MR) is 149 cm³/mol. The van der Waals surface area contributed by atoms with Crippen molar-refractivity contribution in [3.05, 3.63) is 83.3 Å². The Morgan fingerprint density at radius 2 is 1.74 bits per heavy atom. The molecule has 0 atom stereocenters. The highest BCUT2D eigenvalue weighted by atomic mass is 16.6. The monoisotopic (exact) mass is 529 g/mol. The highest BCUT2D eigenvalue weighted by Gasteiger charge is 2.21. The van der Waals surface area contributed by atoms with E-state index in [1.807, 2.05) is 31.2 Å². The Morgan fingerprint density at radius 1 is 0.949 bits per heavy atom. The van der Waals surface area contributed by atoms with E-state index in [1.54, 1.807) is 60.2 Å². The Bertz CT molecular complexity index is 1500. The number of hydrogen-bond acceptors (Lipinski definition) is 7. The summed E-state index contributed by atoms with van der Waals surface area (Å²) in [7, 11) is 0. The maximum Gasteiger partial charge on any atom is 0.417 e. The van der Waals surface area contributed by atoms with Crippen LogP contribution in [-0.2, 0) is 16.1 Å². The second-order valence-electron chi connectivity index (χ2n) is 8.71. The molecule has 39 heavy (non-hydrogen) atoms. The van der Waals surface area contributed by atoms with E-state index in [0.717, 1.165) is 0 Å². The van der Waals surface area contributed by atoms with Crippen LogP contribution in [0.5, 0.6) is 11.5 Å². The van der Waals surface area contributed by atoms with E-state index in [2.05, 4.69) is 10.3 Å². The molecular formula is C30H31N3O6. The number of ether oxygens (including phenoxy) is 3. The van der Waals surface area contributed by atoms with Crippen molar-refractivity contribution in [3.8, 4) is 22.6 Å².